The van der Waals surface area contributed by atoms with Crippen molar-refractivity contribution in [2.45, 2.75) is 13.3 Å². The number of nitrogens with one attached hydrogen (secondary N) is 1. The molecule has 1 saturated heterocycles. The van der Waals surface area contributed by atoms with Gasteiger partial charge in [0.05, 0.1) is 13.0 Å². The lowest BCUT2D eigenvalue weighted by Crippen LogP contribution is -2.28. The summed E-state index contributed by atoms with van der Waals surface area (Å²) in [4.78, 5) is 38.6. The highest BCUT2D eigenvalue weighted by molar-refractivity contribution is 6.00. The van der Waals surface area contributed by atoms with Crippen molar-refractivity contribution in [2.24, 2.45) is 5.92 Å². The third kappa shape index (κ3) is 6.17. The van der Waals surface area contributed by atoms with E-state index < -0.39 is 24.4 Å². The maximum atomic E-state index is 12.5. The molecule has 1 aliphatic rings. The number of hydrogen-bond donors (Lipinski definition) is 1. The number of esters is 1. The van der Waals surface area contributed by atoms with Crippen LogP contribution in [0.1, 0.15) is 12.0 Å². The molecule has 180 valence electrons. The average Bonchev–Trinajstić information content (AvgIpc) is 3.26. The van der Waals surface area contributed by atoms with E-state index in [1.807, 2.05) is 19.1 Å². The molecule has 0 aliphatic carbocycles. The van der Waals surface area contributed by atoms with Crippen molar-refractivity contribution < 1.29 is 28.6 Å². The van der Waals surface area contributed by atoms with E-state index in [1.54, 1.807) is 67.8 Å². The highest BCUT2D eigenvalue weighted by Gasteiger charge is 2.36. The summed E-state index contributed by atoms with van der Waals surface area (Å²) in [5.41, 5.74) is 2.35. The van der Waals surface area contributed by atoms with E-state index in [2.05, 4.69) is 5.32 Å². The summed E-state index contributed by atoms with van der Waals surface area (Å²) in [5, 5.41) is 2.68. The SMILES string of the molecule is COc1ccc(Oc2ccc(N3C[C@H](C(=O)OCC(=O)Nc4ccc(C)cc4)CC3=O)cc2)cc1. The molecule has 8 heteroatoms. The summed E-state index contributed by atoms with van der Waals surface area (Å²) >= 11 is 0. The molecule has 1 heterocycles. The second kappa shape index (κ2) is 10.7. The molecular formula is C27H26N2O6. The van der Waals surface area contributed by atoms with Gasteiger partial charge in [-0.3, -0.25) is 14.4 Å². The number of benzene rings is 3. The normalized spacial score (nSPS) is 15.0. The molecule has 1 aliphatic heterocycles. The van der Waals surface area contributed by atoms with Crippen LogP contribution in [0.15, 0.2) is 72.8 Å². The zero-order valence-corrected chi connectivity index (χ0v) is 19.5. The molecule has 0 bridgehead atoms. The standard InChI is InChI=1S/C27H26N2O6/c1-18-3-5-20(6-4-18)28-25(30)17-34-27(32)19-15-26(31)29(16-19)21-7-9-23(10-8-21)35-24-13-11-22(33-2)12-14-24/h3-14,19H,15-17H2,1-2H3,(H,28,30)/t19-/m1/s1. The highest BCUT2D eigenvalue weighted by Crippen LogP contribution is 2.29. The van der Waals surface area contributed by atoms with Crippen molar-refractivity contribution >= 4 is 29.2 Å². The molecule has 3 aromatic carbocycles. The number of methoxy groups -OCH3 is 1. The summed E-state index contributed by atoms with van der Waals surface area (Å²) in [6.45, 7) is 1.73. The zero-order valence-electron chi connectivity index (χ0n) is 19.5. The van der Waals surface area contributed by atoms with E-state index in [9.17, 15) is 14.4 Å². The predicted molar refractivity (Wildman–Crippen MR) is 131 cm³/mol. The van der Waals surface area contributed by atoms with Gasteiger partial charge in [0.15, 0.2) is 6.61 Å². The van der Waals surface area contributed by atoms with Gasteiger partial charge in [-0.15, -0.1) is 0 Å². The summed E-state index contributed by atoms with van der Waals surface area (Å²) < 4.78 is 16.1. The average molecular weight is 475 g/mol. The van der Waals surface area contributed by atoms with Gasteiger partial charge in [0, 0.05) is 24.3 Å². The fraction of sp³-hybridized carbons (Fsp3) is 0.222. The first-order valence-electron chi connectivity index (χ1n) is 11.2. The van der Waals surface area contributed by atoms with Gasteiger partial charge in [0.2, 0.25) is 5.91 Å². The quantitative estimate of drug-likeness (QED) is 0.489. The smallest absolute Gasteiger partial charge is 0.311 e. The zero-order chi connectivity index (χ0) is 24.8. The van der Waals surface area contributed by atoms with E-state index in [4.69, 9.17) is 14.2 Å². The van der Waals surface area contributed by atoms with E-state index >= 15 is 0 Å². The minimum atomic E-state index is -0.634. The van der Waals surface area contributed by atoms with Crippen LogP contribution in [0.2, 0.25) is 0 Å². The lowest BCUT2D eigenvalue weighted by molar-refractivity contribution is -0.151. The second-order valence-electron chi connectivity index (χ2n) is 8.20. The molecule has 4 rings (SSSR count). The van der Waals surface area contributed by atoms with Crippen LogP contribution < -0.4 is 19.7 Å². The number of hydrogen-bond acceptors (Lipinski definition) is 6. The Morgan fingerprint density at radius 2 is 1.51 bits per heavy atom. The lowest BCUT2D eigenvalue weighted by Gasteiger charge is -2.17. The van der Waals surface area contributed by atoms with Crippen molar-refractivity contribution in [3.63, 3.8) is 0 Å². The van der Waals surface area contributed by atoms with Crippen LogP contribution in [0.4, 0.5) is 11.4 Å². The van der Waals surface area contributed by atoms with Crippen molar-refractivity contribution in [3.8, 4) is 17.2 Å². The fourth-order valence-electron chi connectivity index (χ4n) is 3.68. The molecule has 3 aromatic rings. The van der Waals surface area contributed by atoms with Crippen LogP contribution in [-0.4, -0.2) is 38.0 Å². The number of amides is 2. The summed E-state index contributed by atoms with van der Waals surface area (Å²) in [7, 11) is 1.60. The van der Waals surface area contributed by atoms with Crippen LogP contribution >= 0.6 is 0 Å². The van der Waals surface area contributed by atoms with E-state index in [1.165, 1.54) is 4.90 Å². The third-order valence-corrected chi connectivity index (χ3v) is 5.58. The monoisotopic (exact) mass is 474 g/mol. The predicted octanol–water partition coefficient (Wildman–Crippen LogP) is 4.33. The Bertz CT molecular complexity index is 1190. The number of aryl methyl sites for hydroxylation is 1. The molecule has 0 unspecified atom stereocenters. The van der Waals surface area contributed by atoms with Crippen LogP contribution in [-0.2, 0) is 19.1 Å². The summed E-state index contributed by atoms with van der Waals surface area (Å²) in [5.74, 6) is 0.186. The maximum Gasteiger partial charge on any atom is 0.311 e. The van der Waals surface area contributed by atoms with Crippen molar-refractivity contribution in [1.82, 2.24) is 0 Å². The first kappa shape index (κ1) is 23.8. The maximum absolute atomic E-state index is 12.5. The molecule has 1 fully saturated rings. The molecule has 0 aromatic heterocycles. The Labute approximate surface area is 203 Å². The summed E-state index contributed by atoms with van der Waals surface area (Å²) in [6, 6.07) is 21.5. The minimum Gasteiger partial charge on any atom is -0.497 e. The Morgan fingerprint density at radius 1 is 0.914 bits per heavy atom. The number of ether oxygens (including phenoxy) is 3. The summed E-state index contributed by atoms with van der Waals surface area (Å²) in [6.07, 6.45) is 0.0303. The fourth-order valence-corrected chi connectivity index (χ4v) is 3.68. The van der Waals surface area contributed by atoms with Crippen LogP contribution in [0.3, 0.4) is 0 Å². The van der Waals surface area contributed by atoms with Gasteiger partial charge < -0.3 is 24.4 Å². The number of carbonyl (C=O) groups excluding carboxylic acids is 3. The van der Waals surface area contributed by atoms with Gasteiger partial charge in [0.25, 0.3) is 5.91 Å². The molecule has 0 spiro atoms. The third-order valence-electron chi connectivity index (χ3n) is 5.58. The number of anilines is 2. The molecular weight excluding hydrogens is 448 g/mol. The van der Waals surface area contributed by atoms with E-state index in [0.29, 0.717) is 22.9 Å². The van der Waals surface area contributed by atoms with Gasteiger partial charge in [-0.05, 0) is 67.6 Å². The number of rotatable bonds is 8. The lowest BCUT2D eigenvalue weighted by atomic mass is 10.1. The topological polar surface area (TPSA) is 94.2 Å². The van der Waals surface area contributed by atoms with Gasteiger partial charge in [-0.25, -0.2) is 0 Å². The number of nitrogens with zero attached hydrogens (tertiary/aromatic N) is 1. The Hall–Kier alpha value is -4.33. The van der Waals surface area contributed by atoms with Crippen LogP contribution in [0.5, 0.6) is 17.2 Å². The molecule has 0 saturated carbocycles. The van der Waals surface area contributed by atoms with Crippen molar-refractivity contribution in [2.75, 3.05) is 30.5 Å². The van der Waals surface area contributed by atoms with Crippen molar-refractivity contribution in [1.29, 1.82) is 0 Å². The molecule has 35 heavy (non-hydrogen) atoms. The second-order valence-corrected chi connectivity index (χ2v) is 8.20. The molecule has 1 atom stereocenters. The Balaban J connectivity index is 1.28. The minimum absolute atomic E-state index is 0.0303. The molecule has 1 N–H and O–H groups in total. The molecule has 8 nitrogen and oxygen atoms in total. The van der Waals surface area contributed by atoms with E-state index in [-0.39, 0.29) is 18.9 Å². The first-order valence-corrected chi connectivity index (χ1v) is 11.2. The van der Waals surface area contributed by atoms with Gasteiger partial charge in [0.1, 0.15) is 17.2 Å². The molecule has 2 amide bonds. The number of carbonyl (C=O) groups is 3. The van der Waals surface area contributed by atoms with Crippen LogP contribution in [0, 0.1) is 12.8 Å². The largest absolute Gasteiger partial charge is 0.497 e. The molecule has 0 radical (unpaired) electrons. The Kier molecular flexibility index (Phi) is 7.30. The van der Waals surface area contributed by atoms with Gasteiger partial charge in [-0.1, -0.05) is 17.7 Å². The first-order chi connectivity index (χ1) is 16.9. The Morgan fingerprint density at radius 3 is 2.14 bits per heavy atom. The highest BCUT2D eigenvalue weighted by atomic mass is 16.5. The van der Waals surface area contributed by atoms with Crippen LogP contribution in [0.25, 0.3) is 0 Å². The van der Waals surface area contributed by atoms with E-state index in [0.717, 1.165) is 11.3 Å². The van der Waals surface area contributed by atoms with Crippen molar-refractivity contribution in [3.05, 3.63) is 78.4 Å². The van der Waals surface area contributed by atoms with Gasteiger partial charge in [-0.2, -0.15) is 0 Å². The van der Waals surface area contributed by atoms with Gasteiger partial charge >= 0.3 is 5.97 Å².